The fraction of sp³-hybridized carbons (Fsp3) is 1.00. The number of halogens is 3. The molecule has 0 aromatic rings. The molecule has 0 aliphatic heterocycles. The second-order valence-corrected chi connectivity index (χ2v) is 3.86. The Hall–Kier alpha value is -0.250. The molecule has 0 aliphatic rings. The van der Waals surface area contributed by atoms with Crippen molar-refractivity contribution in [2.75, 3.05) is 0 Å². The molecule has 13 heavy (non-hydrogen) atoms. The molecular formula is C9H18F3N. The van der Waals surface area contributed by atoms with Gasteiger partial charge in [-0.2, -0.15) is 8.78 Å². The van der Waals surface area contributed by atoms with Crippen molar-refractivity contribution in [3.8, 4) is 0 Å². The number of rotatable bonds is 4. The summed E-state index contributed by atoms with van der Waals surface area (Å²) in [6, 6.07) is -3.77. The van der Waals surface area contributed by atoms with Gasteiger partial charge in [-0.3, -0.25) is 5.73 Å². The number of nitrogens with two attached hydrogens (primary N) is 1. The third-order valence-corrected chi connectivity index (χ3v) is 2.68. The van der Waals surface area contributed by atoms with Crippen molar-refractivity contribution in [3.63, 3.8) is 0 Å². The fourth-order valence-electron chi connectivity index (χ4n) is 1.58. The Bertz CT molecular complexity index is 165. The van der Waals surface area contributed by atoms with Crippen molar-refractivity contribution >= 4 is 0 Å². The zero-order chi connectivity index (χ0) is 10.9. The highest BCUT2D eigenvalue weighted by molar-refractivity contribution is 4.96. The van der Waals surface area contributed by atoms with E-state index in [4.69, 9.17) is 0 Å². The summed E-state index contributed by atoms with van der Waals surface area (Å²) >= 11 is 0. The molecule has 1 nitrogen and oxygen atoms in total. The molecule has 2 unspecified atom stereocenters. The van der Waals surface area contributed by atoms with Crippen LogP contribution in [0.5, 0.6) is 0 Å². The van der Waals surface area contributed by atoms with Crippen LogP contribution < -0.4 is 5.73 Å². The van der Waals surface area contributed by atoms with E-state index in [0.29, 0.717) is 6.42 Å². The topological polar surface area (TPSA) is 26.0 Å². The van der Waals surface area contributed by atoms with Crippen LogP contribution in [0.25, 0.3) is 0 Å². The van der Waals surface area contributed by atoms with Crippen LogP contribution in [0.1, 0.15) is 34.1 Å². The zero-order valence-electron chi connectivity index (χ0n) is 8.57. The van der Waals surface area contributed by atoms with Crippen LogP contribution >= 0.6 is 0 Å². The molecule has 2 atom stereocenters. The summed E-state index contributed by atoms with van der Waals surface area (Å²) in [6.07, 6.45) is 0.349. The lowest BCUT2D eigenvalue weighted by molar-refractivity contribution is -0.180. The van der Waals surface area contributed by atoms with E-state index >= 15 is 0 Å². The first kappa shape index (κ1) is 12.8. The SMILES string of the molecule is CCC(C)C(F)(C(C)C)C(N)(F)F. The molecule has 0 saturated heterocycles. The van der Waals surface area contributed by atoms with E-state index in [-0.39, 0.29) is 0 Å². The van der Waals surface area contributed by atoms with Crippen LogP contribution in [0.4, 0.5) is 13.2 Å². The Balaban J connectivity index is 4.96. The Morgan fingerprint density at radius 3 is 1.62 bits per heavy atom. The average molecular weight is 197 g/mol. The average Bonchev–Trinajstić information content (AvgIpc) is 1.98. The van der Waals surface area contributed by atoms with Gasteiger partial charge in [0.2, 0.25) is 0 Å². The highest BCUT2D eigenvalue weighted by Gasteiger charge is 2.56. The van der Waals surface area contributed by atoms with Gasteiger partial charge in [0.05, 0.1) is 0 Å². The van der Waals surface area contributed by atoms with E-state index in [1.54, 1.807) is 6.92 Å². The first-order valence-electron chi connectivity index (χ1n) is 4.53. The largest absolute Gasteiger partial charge is 0.334 e. The normalized spacial score (nSPS) is 20.1. The molecule has 0 aliphatic carbocycles. The highest BCUT2D eigenvalue weighted by atomic mass is 19.3. The van der Waals surface area contributed by atoms with Crippen molar-refractivity contribution < 1.29 is 13.2 Å². The van der Waals surface area contributed by atoms with Crippen molar-refractivity contribution in [1.82, 2.24) is 0 Å². The van der Waals surface area contributed by atoms with Gasteiger partial charge < -0.3 is 0 Å². The fourth-order valence-corrected chi connectivity index (χ4v) is 1.58. The Labute approximate surface area is 77.5 Å². The minimum absolute atomic E-state index is 0.349. The van der Waals surface area contributed by atoms with Gasteiger partial charge in [-0.05, 0) is 11.8 Å². The predicted molar refractivity (Wildman–Crippen MR) is 47.3 cm³/mol. The van der Waals surface area contributed by atoms with Gasteiger partial charge in [0, 0.05) is 0 Å². The van der Waals surface area contributed by atoms with Crippen LogP contribution in [-0.2, 0) is 0 Å². The Morgan fingerprint density at radius 2 is 1.54 bits per heavy atom. The molecule has 0 heterocycles. The van der Waals surface area contributed by atoms with Gasteiger partial charge in [-0.1, -0.05) is 34.1 Å². The minimum atomic E-state index is -3.77. The van der Waals surface area contributed by atoms with E-state index in [2.05, 4.69) is 5.73 Å². The summed E-state index contributed by atoms with van der Waals surface area (Å²) in [7, 11) is 0. The van der Waals surface area contributed by atoms with Gasteiger partial charge in [0.15, 0.2) is 5.67 Å². The Kier molecular flexibility index (Phi) is 3.79. The third kappa shape index (κ3) is 2.16. The lowest BCUT2D eigenvalue weighted by Crippen LogP contribution is -2.58. The lowest BCUT2D eigenvalue weighted by atomic mass is 9.78. The predicted octanol–water partition coefficient (Wildman–Crippen LogP) is 2.95. The summed E-state index contributed by atoms with van der Waals surface area (Å²) in [5, 5.41) is 0. The molecule has 0 bridgehead atoms. The maximum absolute atomic E-state index is 13.9. The van der Waals surface area contributed by atoms with Crippen molar-refractivity contribution in [3.05, 3.63) is 0 Å². The molecule has 80 valence electrons. The maximum Gasteiger partial charge on any atom is 0.334 e. The summed E-state index contributed by atoms with van der Waals surface area (Å²) in [5.41, 5.74) is 1.97. The second-order valence-electron chi connectivity index (χ2n) is 3.86. The molecule has 0 radical (unpaired) electrons. The maximum atomic E-state index is 13.9. The summed E-state index contributed by atoms with van der Waals surface area (Å²) < 4.78 is 39.7. The second kappa shape index (κ2) is 3.86. The zero-order valence-corrected chi connectivity index (χ0v) is 8.57. The van der Waals surface area contributed by atoms with Gasteiger partial charge in [0.1, 0.15) is 0 Å². The van der Waals surface area contributed by atoms with Crippen LogP contribution in [0.15, 0.2) is 0 Å². The van der Waals surface area contributed by atoms with E-state index < -0.39 is 23.6 Å². The molecule has 4 heteroatoms. The molecular weight excluding hydrogens is 179 g/mol. The van der Waals surface area contributed by atoms with Gasteiger partial charge in [-0.15, -0.1) is 0 Å². The van der Waals surface area contributed by atoms with Crippen molar-refractivity contribution in [2.45, 2.75) is 45.8 Å². The third-order valence-electron chi connectivity index (χ3n) is 2.68. The molecule has 2 N–H and O–H groups in total. The number of hydrogen-bond donors (Lipinski definition) is 1. The van der Waals surface area contributed by atoms with E-state index in [1.165, 1.54) is 20.8 Å². The van der Waals surface area contributed by atoms with E-state index in [1.807, 2.05) is 0 Å². The molecule has 0 spiro atoms. The minimum Gasteiger partial charge on any atom is -0.269 e. The summed E-state index contributed by atoms with van der Waals surface area (Å²) in [6.45, 7) is 5.98. The monoisotopic (exact) mass is 197 g/mol. The van der Waals surface area contributed by atoms with Crippen LogP contribution in [0.2, 0.25) is 0 Å². The first-order chi connectivity index (χ1) is 5.67. The van der Waals surface area contributed by atoms with Gasteiger partial charge in [0.25, 0.3) is 0 Å². The van der Waals surface area contributed by atoms with Crippen LogP contribution in [0, 0.1) is 11.8 Å². The van der Waals surface area contributed by atoms with Crippen molar-refractivity contribution in [2.24, 2.45) is 17.6 Å². The quantitative estimate of drug-likeness (QED) is 0.689. The molecule has 0 rings (SSSR count). The smallest absolute Gasteiger partial charge is 0.269 e. The molecule has 0 amide bonds. The highest BCUT2D eigenvalue weighted by Crippen LogP contribution is 2.42. The molecule has 0 aromatic carbocycles. The number of alkyl halides is 3. The number of hydrogen-bond acceptors (Lipinski definition) is 1. The van der Waals surface area contributed by atoms with Crippen molar-refractivity contribution in [1.29, 1.82) is 0 Å². The van der Waals surface area contributed by atoms with Gasteiger partial charge >= 0.3 is 6.05 Å². The summed E-state index contributed by atoms with van der Waals surface area (Å²) in [5.74, 6) is -1.53. The molecule has 0 saturated carbocycles. The lowest BCUT2D eigenvalue weighted by Gasteiger charge is -2.38. The molecule has 0 aromatic heterocycles. The Morgan fingerprint density at radius 1 is 1.15 bits per heavy atom. The molecule has 0 fully saturated rings. The van der Waals surface area contributed by atoms with Crippen LogP contribution in [0.3, 0.4) is 0 Å². The van der Waals surface area contributed by atoms with E-state index in [9.17, 15) is 13.2 Å². The standard InChI is InChI=1S/C9H18F3N/c1-5-7(4)8(10,6(2)3)9(11,12)13/h6-7H,5,13H2,1-4H3. The van der Waals surface area contributed by atoms with Gasteiger partial charge in [-0.25, -0.2) is 4.39 Å². The summed E-state index contributed by atoms with van der Waals surface area (Å²) in [4.78, 5) is 0. The van der Waals surface area contributed by atoms with E-state index in [0.717, 1.165) is 0 Å². The van der Waals surface area contributed by atoms with Crippen LogP contribution in [-0.4, -0.2) is 11.7 Å². The first-order valence-corrected chi connectivity index (χ1v) is 4.53.